The first-order valence-corrected chi connectivity index (χ1v) is 11.0. The third kappa shape index (κ3) is 8.83. The summed E-state index contributed by atoms with van der Waals surface area (Å²) in [7, 11) is 0. The van der Waals surface area contributed by atoms with E-state index in [0.717, 1.165) is 12.1 Å². The van der Waals surface area contributed by atoms with Crippen LogP contribution in [0.15, 0.2) is 36.4 Å². The van der Waals surface area contributed by atoms with Crippen LogP contribution < -0.4 is 10.6 Å². The summed E-state index contributed by atoms with van der Waals surface area (Å²) in [5, 5.41) is 5.84. The first-order chi connectivity index (χ1) is 16.9. The van der Waals surface area contributed by atoms with Crippen molar-refractivity contribution >= 4 is 12.2 Å². The van der Waals surface area contributed by atoms with Gasteiger partial charge in [0.2, 0.25) is 0 Å². The second-order valence-corrected chi connectivity index (χ2v) is 8.71. The molecule has 0 spiro atoms. The number of hydrogen-bond donors (Lipinski definition) is 2. The second-order valence-electron chi connectivity index (χ2n) is 8.71. The van der Waals surface area contributed by atoms with Crippen LogP contribution in [0.5, 0.6) is 0 Å². The topological polar surface area (TPSA) is 50.4 Å². The van der Waals surface area contributed by atoms with Gasteiger partial charge in [0.1, 0.15) is 0 Å². The van der Waals surface area contributed by atoms with Gasteiger partial charge in [0, 0.05) is 24.3 Å². The van der Waals surface area contributed by atoms with Crippen molar-refractivity contribution in [2.75, 3.05) is 5.32 Å². The minimum Gasteiger partial charge on any atom is -0.465 e. The molecule has 1 heterocycles. The monoisotopic (exact) mass is 544 g/mol. The molecular formula is C24H25F9N2O2. The smallest absolute Gasteiger partial charge is 0.416 e. The standard InChI is InChI=1S/C20H17F9N2.C4H8O2/c1-10-4-17(15-8-12(18(21,22)23)2-3-16(15)31-10)30-9-11-5-13(19(24,25)26)7-14(6-11)20(27,28)29;1-4(2)6-3-5/h2-3,5-8,10,17,30-31H,4,9H2,1H3;3-4H,1-2H3/t10-,17+;/m1./s1. The van der Waals surface area contributed by atoms with Crippen LogP contribution in [0.4, 0.5) is 45.2 Å². The Hall–Kier alpha value is -2.96. The van der Waals surface area contributed by atoms with Crippen LogP contribution in [0.2, 0.25) is 0 Å². The maximum atomic E-state index is 13.1. The van der Waals surface area contributed by atoms with E-state index in [9.17, 15) is 44.3 Å². The molecule has 37 heavy (non-hydrogen) atoms. The minimum absolute atomic E-state index is 0.0288. The molecule has 206 valence electrons. The zero-order chi connectivity index (χ0) is 28.2. The van der Waals surface area contributed by atoms with E-state index >= 15 is 0 Å². The molecule has 0 saturated heterocycles. The van der Waals surface area contributed by atoms with E-state index < -0.39 is 41.3 Å². The van der Waals surface area contributed by atoms with E-state index in [0.29, 0.717) is 30.7 Å². The maximum absolute atomic E-state index is 13.1. The van der Waals surface area contributed by atoms with Crippen molar-refractivity contribution in [3.05, 3.63) is 64.2 Å². The van der Waals surface area contributed by atoms with Crippen molar-refractivity contribution in [1.29, 1.82) is 0 Å². The highest BCUT2D eigenvalue weighted by molar-refractivity contribution is 5.57. The molecule has 0 fully saturated rings. The van der Waals surface area contributed by atoms with Gasteiger partial charge in [-0.25, -0.2) is 0 Å². The second kappa shape index (κ2) is 11.6. The Morgan fingerprint density at radius 1 is 0.919 bits per heavy atom. The molecule has 0 saturated carbocycles. The highest BCUT2D eigenvalue weighted by atomic mass is 19.4. The van der Waals surface area contributed by atoms with Crippen LogP contribution >= 0.6 is 0 Å². The zero-order valence-corrected chi connectivity index (χ0v) is 19.9. The Labute approximate surface area is 207 Å². The highest BCUT2D eigenvalue weighted by Crippen LogP contribution is 2.39. The first-order valence-electron chi connectivity index (χ1n) is 11.0. The van der Waals surface area contributed by atoms with E-state index in [1.807, 2.05) is 0 Å². The van der Waals surface area contributed by atoms with Crippen molar-refractivity contribution in [3.8, 4) is 0 Å². The number of rotatable bonds is 5. The SMILES string of the molecule is CC(C)OC=O.C[C@@H]1C[C@H](NCc2cc(C(F)(F)F)cc(C(F)(F)F)c2)c2cc(C(F)(F)F)ccc2N1. The van der Waals surface area contributed by atoms with Crippen molar-refractivity contribution in [1.82, 2.24) is 5.32 Å². The lowest BCUT2D eigenvalue weighted by Gasteiger charge is -2.33. The van der Waals surface area contributed by atoms with E-state index in [-0.39, 0.29) is 35.9 Å². The minimum atomic E-state index is -4.98. The molecule has 2 atom stereocenters. The van der Waals surface area contributed by atoms with Crippen LogP contribution in [-0.4, -0.2) is 18.6 Å². The average molecular weight is 544 g/mol. The highest BCUT2D eigenvalue weighted by Gasteiger charge is 2.37. The van der Waals surface area contributed by atoms with Crippen molar-refractivity contribution < 1.29 is 49.0 Å². The summed E-state index contributed by atoms with van der Waals surface area (Å²) >= 11 is 0. The largest absolute Gasteiger partial charge is 0.465 e. The Kier molecular flexibility index (Phi) is 9.50. The maximum Gasteiger partial charge on any atom is 0.416 e. The lowest BCUT2D eigenvalue weighted by atomic mass is 9.91. The van der Waals surface area contributed by atoms with Gasteiger partial charge in [0.05, 0.1) is 22.8 Å². The molecule has 3 rings (SSSR count). The summed E-state index contributed by atoms with van der Waals surface area (Å²) in [6.45, 7) is 5.43. The average Bonchev–Trinajstić information content (AvgIpc) is 2.75. The summed E-state index contributed by atoms with van der Waals surface area (Å²) in [5.41, 5.74) is -3.40. The van der Waals surface area contributed by atoms with E-state index in [1.165, 1.54) is 6.07 Å². The third-order valence-electron chi connectivity index (χ3n) is 5.27. The Morgan fingerprint density at radius 2 is 1.46 bits per heavy atom. The van der Waals surface area contributed by atoms with Crippen LogP contribution in [0.1, 0.15) is 61.1 Å². The van der Waals surface area contributed by atoms with Crippen molar-refractivity contribution in [2.24, 2.45) is 0 Å². The molecule has 0 bridgehead atoms. The number of nitrogens with one attached hydrogen (secondary N) is 2. The predicted molar refractivity (Wildman–Crippen MR) is 117 cm³/mol. The number of carbonyl (C=O) groups excluding carboxylic acids is 1. The van der Waals surface area contributed by atoms with Gasteiger partial charge in [-0.15, -0.1) is 0 Å². The predicted octanol–water partition coefficient (Wildman–Crippen LogP) is 7.35. The van der Waals surface area contributed by atoms with Gasteiger partial charge in [-0.2, -0.15) is 39.5 Å². The molecule has 2 aromatic rings. The molecule has 13 heteroatoms. The lowest BCUT2D eigenvalue weighted by Crippen LogP contribution is -2.33. The molecule has 2 N–H and O–H groups in total. The molecule has 0 amide bonds. The fourth-order valence-electron chi connectivity index (χ4n) is 3.63. The van der Waals surface area contributed by atoms with Crippen molar-refractivity contribution in [3.63, 3.8) is 0 Å². The van der Waals surface area contributed by atoms with Crippen LogP contribution in [0.25, 0.3) is 0 Å². The first kappa shape index (κ1) is 30.3. The summed E-state index contributed by atoms with van der Waals surface area (Å²) < 4.78 is 122. The number of alkyl halides is 9. The van der Waals surface area contributed by atoms with Gasteiger partial charge in [-0.3, -0.25) is 4.79 Å². The summed E-state index contributed by atoms with van der Waals surface area (Å²) in [5.74, 6) is 0. The zero-order valence-electron chi connectivity index (χ0n) is 19.9. The molecule has 0 radical (unpaired) electrons. The van der Waals surface area contributed by atoms with E-state index in [4.69, 9.17) is 0 Å². The van der Waals surface area contributed by atoms with Crippen LogP contribution in [-0.2, 0) is 34.6 Å². The van der Waals surface area contributed by atoms with E-state index in [1.54, 1.807) is 20.8 Å². The van der Waals surface area contributed by atoms with Crippen molar-refractivity contribution in [2.45, 2.75) is 70.5 Å². The van der Waals surface area contributed by atoms with Gasteiger partial charge < -0.3 is 15.4 Å². The van der Waals surface area contributed by atoms with Gasteiger partial charge in [0.25, 0.3) is 6.47 Å². The van der Waals surface area contributed by atoms with Crippen LogP contribution in [0.3, 0.4) is 0 Å². The number of halogens is 9. The summed E-state index contributed by atoms with van der Waals surface area (Å²) in [6.07, 6.45) is -14.2. The third-order valence-corrected chi connectivity index (χ3v) is 5.27. The molecule has 0 aromatic heterocycles. The number of carbonyl (C=O) groups is 1. The van der Waals surface area contributed by atoms with Gasteiger partial charge in [0.15, 0.2) is 0 Å². The number of fused-ring (bicyclic) bond motifs is 1. The molecule has 1 aliphatic heterocycles. The van der Waals surface area contributed by atoms with Gasteiger partial charge in [-0.1, -0.05) is 0 Å². The summed E-state index contributed by atoms with van der Waals surface area (Å²) in [6, 6.07) is 3.45. The fraction of sp³-hybridized carbons (Fsp3) is 0.458. The Morgan fingerprint density at radius 3 is 1.89 bits per heavy atom. The molecular weight excluding hydrogens is 519 g/mol. The fourth-order valence-corrected chi connectivity index (χ4v) is 3.63. The molecule has 0 aliphatic carbocycles. The Bertz CT molecular complexity index is 1030. The number of hydrogen-bond acceptors (Lipinski definition) is 4. The Balaban J connectivity index is 0.000000717. The molecule has 2 aromatic carbocycles. The number of anilines is 1. The lowest BCUT2D eigenvalue weighted by molar-refractivity contribution is -0.143. The van der Waals surface area contributed by atoms with E-state index in [2.05, 4.69) is 15.4 Å². The van der Waals surface area contributed by atoms with Crippen LogP contribution in [0, 0.1) is 0 Å². The normalized spacial score (nSPS) is 17.9. The number of benzene rings is 2. The summed E-state index contributed by atoms with van der Waals surface area (Å²) in [4.78, 5) is 9.39. The van der Waals surface area contributed by atoms with Gasteiger partial charge >= 0.3 is 18.5 Å². The molecule has 4 nitrogen and oxygen atoms in total. The van der Waals surface area contributed by atoms with Gasteiger partial charge in [-0.05, 0) is 74.7 Å². The quantitative estimate of drug-likeness (QED) is 0.306. The molecule has 1 aliphatic rings. The molecule has 0 unspecified atom stereocenters. The number of ether oxygens (including phenoxy) is 1.